The van der Waals surface area contributed by atoms with Crippen LogP contribution >= 0.6 is 0 Å². The van der Waals surface area contributed by atoms with Crippen molar-refractivity contribution in [3.05, 3.63) is 0 Å². The molecule has 0 heterocycles. The van der Waals surface area contributed by atoms with E-state index in [0.717, 1.165) is 12.8 Å². The smallest absolute Gasteiger partial charge is 0.338 e. The fourth-order valence-corrected chi connectivity index (χ4v) is 4.73. The van der Waals surface area contributed by atoms with Gasteiger partial charge in [-0.3, -0.25) is 4.79 Å². The number of carbonyl (C=O) groups is 2. The molecule has 1 saturated carbocycles. The van der Waals surface area contributed by atoms with E-state index in [1.54, 1.807) is 6.92 Å². The number of rotatable bonds is 12. The molecule has 0 saturated heterocycles. The topological polar surface area (TPSA) is 136 Å². The second-order valence-corrected chi connectivity index (χ2v) is 9.50. The molecule has 156 valence electrons. The molecular formula is C18H32N2O6S. The Balaban J connectivity index is 2.52. The van der Waals surface area contributed by atoms with Gasteiger partial charge in [-0.15, -0.1) is 0 Å². The molecule has 1 atom stereocenters. The first-order valence-electron chi connectivity index (χ1n) is 9.69. The average molecular weight is 405 g/mol. The van der Waals surface area contributed by atoms with Gasteiger partial charge in [0.05, 0.1) is 18.1 Å². The van der Waals surface area contributed by atoms with Crippen molar-refractivity contribution >= 4 is 27.6 Å². The minimum atomic E-state index is -3.39. The summed E-state index contributed by atoms with van der Waals surface area (Å²) in [4.78, 5) is 27.9. The zero-order valence-electron chi connectivity index (χ0n) is 16.1. The van der Waals surface area contributed by atoms with Crippen LogP contribution in [0.5, 0.6) is 0 Å². The van der Waals surface area contributed by atoms with Crippen LogP contribution in [-0.2, 0) is 24.3 Å². The van der Waals surface area contributed by atoms with Gasteiger partial charge in [0.25, 0.3) is 0 Å². The molecule has 0 aliphatic heterocycles. The third kappa shape index (κ3) is 10.3. The van der Waals surface area contributed by atoms with Crippen molar-refractivity contribution < 1.29 is 28.0 Å². The van der Waals surface area contributed by atoms with E-state index in [1.807, 2.05) is 0 Å². The number of carboxylic acids is 1. The number of oxime groups is 1. The maximum absolute atomic E-state index is 12.2. The molecular weight excluding hydrogens is 372 g/mol. The van der Waals surface area contributed by atoms with Gasteiger partial charge in [-0.2, -0.15) is 0 Å². The lowest BCUT2D eigenvalue weighted by molar-refractivity contribution is -0.153. The Bertz CT molecular complexity index is 611. The lowest BCUT2D eigenvalue weighted by Gasteiger charge is -2.22. The fourth-order valence-electron chi connectivity index (χ4n) is 3.46. The molecule has 1 aliphatic rings. The number of amidine groups is 1. The molecule has 0 aromatic rings. The van der Waals surface area contributed by atoms with Crippen LogP contribution < -0.4 is 5.73 Å². The zero-order chi connectivity index (χ0) is 20.3. The molecule has 0 aromatic heterocycles. The highest BCUT2D eigenvalue weighted by Gasteiger charge is 2.25. The van der Waals surface area contributed by atoms with Crippen molar-refractivity contribution in [1.82, 2.24) is 0 Å². The second-order valence-electron chi connectivity index (χ2n) is 7.31. The molecule has 8 nitrogen and oxygen atoms in total. The van der Waals surface area contributed by atoms with Crippen molar-refractivity contribution in [3.8, 4) is 0 Å². The van der Waals surface area contributed by atoms with Crippen LogP contribution in [0.15, 0.2) is 5.16 Å². The summed E-state index contributed by atoms with van der Waals surface area (Å²) in [6.45, 7) is 1.73. The van der Waals surface area contributed by atoms with Gasteiger partial charge >= 0.3 is 11.9 Å². The number of nitrogens with two attached hydrogens (primary N) is 1. The molecule has 0 bridgehead atoms. The van der Waals surface area contributed by atoms with Gasteiger partial charge in [0, 0.05) is 0 Å². The fraction of sp³-hybridized carbons (Fsp3) is 0.833. The summed E-state index contributed by atoms with van der Waals surface area (Å²) in [6.07, 6.45) is 8.39. The van der Waals surface area contributed by atoms with Crippen LogP contribution in [-0.4, -0.2) is 42.8 Å². The maximum Gasteiger partial charge on any atom is 0.338 e. The summed E-state index contributed by atoms with van der Waals surface area (Å²) in [5.41, 5.74) is 5.51. The Hall–Kier alpha value is -1.64. The van der Waals surface area contributed by atoms with Crippen LogP contribution in [0.2, 0.25) is 0 Å². The summed E-state index contributed by atoms with van der Waals surface area (Å²) in [5.74, 6) is -2.85. The first-order chi connectivity index (χ1) is 12.7. The van der Waals surface area contributed by atoms with Crippen molar-refractivity contribution in [3.63, 3.8) is 0 Å². The third-order valence-electron chi connectivity index (χ3n) is 4.78. The highest BCUT2D eigenvalue weighted by Crippen LogP contribution is 2.29. The van der Waals surface area contributed by atoms with Gasteiger partial charge in [0.1, 0.15) is 5.75 Å². The summed E-state index contributed by atoms with van der Waals surface area (Å²) in [7, 11) is -3.39. The molecule has 0 spiro atoms. The van der Waals surface area contributed by atoms with E-state index >= 15 is 0 Å². The molecule has 1 fully saturated rings. The van der Waals surface area contributed by atoms with E-state index in [1.165, 1.54) is 32.1 Å². The maximum atomic E-state index is 12.2. The first-order valence-corrected chi connectivity index (χ1v) is 11.5. The number of hydrogen-bond donors (Lipinski definition) is 2. The monoisotopic (exact) mass is 404 g/mol. The average Bonchev–Trinajstić information content (AvgIpc) is 2.59. The van der Waals surface area contributed by atoms with E-state index in [0.29, 0.717) is 18.8 Å². The number of nitrogens with zero attached hydrogens (tertiary/aromatic N) is 1. The van der Waals surface area contributed by atoms with E-state index in [2.05, 4.69) is 5.16 Å². The zero-order valence-corrected chi connectivity index (χ0v) is 16.9. The molecule has 0 aromatic carbocycles. The molecule has 9 heteroatoms. The Kier molecular flexibility index (Phi) is 10.4. The van der Waals surface area contributed by atoms with Gasteiger partial charge in [0.15, 0.2) is 15.7 Å². The third-order valence-corrected chi connectivity index (χ3v) is 6.55. The van der Waals surface area contributed by atoms with E-state index in [4.69, 9.17) is 15.7 Å². The Morgan fingerprint density at radius 2 is 1.93 bits per heavy atom. The van der Waals surface area contributed by atoms with Gasteiger partial charge < -0.3 is 15.7 Å². The summed E-state index contributed by atoms with van der Waals surface area (Å²) in [6, 6.07) is 0. The molecule has 0 amide bonds. The van der Waals surface area contributed by atoms with Crippen LogP contribution in [0.25, 0.3) is 0 Å². The van der Waals surface area contributed by atoms with Crippen molar-refractivity contribution in [2.75, 3.05) is 11.5 Å². The Labute approximate surface area is 161 Å². The van der Waals surface area contributed by atoms with Gasteiger partial charge in [-0.05, 0) is 18.8 Å². The van der Waals surface area contributed by atoms with Crippen molar-refractivity contribution in [2.24, 2.45) is 22.7 Å². The molecule has 1 aliphatic carbocycles. The normalized spacial score (nSPS) is 17.4. The summed E-state index contributed by atoms with van der Waals surface area (Å²) < 4.78 is 23.4. The molecule has 27 heavy (non-hydrogen) atoms. The highest BCUT2D eigenvalue weighted by atomic mass is 32.2. The van der Waals surface area contributed by atoms with Crippen molar-refractivity contribution in [2.45, 2.75) is 71.1 Å². The molecule has 0 unspecified atom stereocenters. The predicted octanol–water partition coefficient (Wildman–Crippen LogP) is 2.47. The molecule has 3 N–H and O–H groups in total. The largest absolute Gasteiger partial charge is 0.481 e. The number of sulfone groups is 1. The van der Waals surface area contributed by atoms with Crippen LogP contribution in [0.3, 0.4) is 0 Å². The van der Waals surface area contributed by atoms with Gasteiger partial charge in [-0.1, -0.05) is 57.0 Å². The molecule has 0 radical (unpaired) electrons. The Morgan fingerprint density at radius 1 is 1.26 bits per heavy atom. The quantitative estimate of drug-likeness (QED) is 0.221. The first kappa shape index (κ1) is 23.4. The lowest BCUT2D eigenvalue weighted by Crippen LogP contribution is -2.27. The van der Waals surface area contributed by atoms with Gasteiger partial charge in [-0.25, -0.2) is 13.2 Å². The lowest BCUT2D eigenvalue weighted by atomic mass is 9.84. The second kappa shape index (κ2) is 11.9. The van der Waals surface area contributed by atoms with Crippen molar-refractivity contribution in [1.29, 1.82) is 0 Å². The number of aliphatic carboxylic acids is 1. The van der Waals surface area contributed by atoms with Crippen LogP contribution in [0.4, 0.5) is 0 Å². The van der Waals surface area contributed by atoms with Crippen LogP contribution in [0, 0.1) is 11.8 Å². The summed E-state index contributed by atoms with van der Waals surface area (Å²) in [5, 5.41) is 12.4. The minimum Gasteiger partial charge on any atom is -0.481 e. The van der Waals surface area contributed by atoms with E-state index < -0.39 is 33.4 Å². The number of carbonyl (C=O) groups excluding carboxylic acids is 1. The Morgan fingerprint density at radius 3 is 2.52 bits per heavy atom. The van der Waals surface area contributed by atoms with E-state index in [9.17, 15) is 18.0 Å². The highest BCUT2D eigenvalue weighted by molar-refractivity contribution is 7.92. The number of hydrogen-bond acceptors (Lipinski definition) is 6. The molecule has 1 rings (SSSR count). The summed E-state index contributed by atoms with van der Waals surface area (Å²) >= 11 is 0. The predicted molar refractivity (Wildman–Crippen MR) is 103 cm³/mol. The standard InChI is InChI=1S/C18H32N2O6S/c1-2-11-27(24,25)13-16(19)20-26-18(23)15(12-17(21)22)10-6-9-14-7-4-3-5-8-14/h14-15H,2-13H2,1H3,(H2,19,20)(H,21,22)/t15-/m1/s1. The van der Waals surface area contributed by atoms with Crippen LogP contribution in [0.1, 0.15) is 71.1 Å². The number of carboxylic acid groups (broad SMARTS) is 1. The van der Waals surface area contributed by atoms with E-state index in [-0.39, 0.29) is 18.0 Å². The van der Waals surface area contributed by atoms with Gasteiger partial charge in [0.2, 0.25) is 0 Å². The minimum absolute atomic E-state index is 0.0278. The SMILES string of the molecule is CCCS(=O)(=O)C/C(N)=N/OC(=O)[C@H](CCCC1CCCCC1)CC(=O)O.